The van der Waals surface area contributed by atoms with Gasteiger partial charge in [0, 0.05) is 6.54 Å². The van der Waals surface area contributed by atoms with E-state index >= 15 is 0 Å². The lowest BCUT2D eigenvalue weighted by molar-refractivity contribution is -0.0586. The van der Waals surface area contributed by atoms with E-state index in [4.69, 9.17) is 4.74 Å². The standard InChI is InChI=1S/C13H21N3O3S/c1-9-13(10(2)15-14-9)20(17,18)16-7-8-19-12-6-4-3-5-11(12)16/h11-12H,3-8H2,1-2H3,(H,14,15)/t11-,12+/m0/s1. The molecule has 2 fully saturated rings. The number of nitrogens with zero attached hydrogens (tertiary/aromatic N) is 2. The minimum atomic E-state index is -3.49. The number of H-pyrrole nitrogens is 1. The average Bonchev–Trinajstić information content (AvgIpc) is 2.78. The van der Waals surface area contributed by atoms with Gasteiger partial charge in [0.25, 0.3) is 0 Å². The molecule has 0 aromatic carbocycles. The second kappa shape index (κ2) is 5.13. The van der Waals surface area contributed by atoms with Gasteiger partial charge in [0.2, 0.25) is 10.0 Å². The highest BCUT2D eigenvalue weighted by molar-refractivity contribution is 7.89. The van der Waals surface area contributed by atoms with Gasteiger partial charge in [0.1, 0.15) is 4.90 Å². The van der Waals surface area contributed by atoms with Gasteiger partial charge in [0.15, 0.2) is 0 Å². The molecule has 1 saturated heterocycles. The number of morpholine rings is 1. The molecule has 7 heteroatoms. The Bertz CT molecular complexity index is 575. The molecule has 0 bridgehead atoms. The van der Waals surface area contributed by atoms with E-state index in [-0.39, 0.29) is 12.1 Å². The van der Waals surface area contributed by atoms with Gasteiger partial charge in [-0.1, -0.05) is 12.8 Å². The van der Waals surface area contributed by atoms with E-state index < -0.39 is 10.0 Å². The molecule has 0 unspecified atom stereocenters. The highest BCUT2D eigenvalue weighted by Gasteiger charge is 2.42. The summed E-state index contributed by atoms with van der Waals surface area (Å²) in [6.45, 7) is 4.41. The number of rotatable bonds is 2. The average molecular weight is 299 g/mol. The molecule has 1 aliphatic carbocycles. The lowest BCUT2D eigenvalue weighted by Crippen LogP contribution is -2.54. The maximum atomic E-state index is 13.0. The third-order valence-corrected chi connectivity index (χ3v) is 6.50. The number of aryl methyl sites for hydroxylation is 2. The van der Waals surface area contributed by atoms with Crippen LogP contribution in [0.4, 0.5) is 0 Å². The van der Waals surface area contributed by atoms with E-state index in [1.807, 2.05) is 0 Å². The molecule has 2 heterocycles. The lowest BCUT2D eigenvalue weighted by atomic mass is 9.91. The van der Waals surface area contributed by atoms with E-state index in [0.717, 1.165) is 25.7 Å². The quantitative estimate of drug-likeness (QED) is 0.894. The molecule has 6 nitrogen and oxygen atoms in total. The van der Waals surface area contributed by atoms with Crippen molar-refractivity contribution in [2.75, 3.05) is 13.2 Å². The van der Waals surface area contributed by atoms with Crippen LogP contribution < -0.4 is 0 Å². The third kappa shape index (κ3) is 2.17. The monoisotopic (exact) mass is 299 g/mol. The van der Waals surface area contributed by atoms with Crippen LogP contribution in [0.5, 0.6) is 0 Å². The number of hydrogen-bond donors (Lipinski definition) is 1. The van der Waals surface area contributed by atoms with Crippen molar-refractivity contribution in [3.05, 3.63) is 11.4 Å². The topological polar surface area (TPSA) is 75.3 Å². The van der Waals surface area contributed by atoms with Gasteiger partial charge in [-0.2, -0.15) is 9.40 Å². The van der Waals surface area contributed by atoms with Gasteiger partial charge >= 0.3 is 0 Å². The molecule has 0 amide bonds. The number of aromatic nitrogens is 2. The summed E-state index contributed by atoms with van der Waals surface area (Å²) in [7, 11) is -3.49. The van der Waals surface area contributed by atoms with E-state index in [2.05, 4.69) is 10.2 Å². The first-order valence-electron chi connectivity index (χ1n) is 7.17. The Morgan fingerprint density at radius 3 is 2.75 bits per heavy atom. The van der Waals surface area contributed by atoms with Crippen molar-refractivity contribution in [1.82, 2.24) is 14.5 Å². The fraction of sp³-hybridized carbons (Fsp3) is 0.769. The first kappa shape index (κ1) is 14.0. The molecule has 1 saturated carbocycles. The van der Waals surface area contributed by atoms with Crippen molar-refractivity contribution in [2.45, 2.75) is 56.6 Å². The van der Waals surface area contributed by atoms with E-state index in [1.54, 1.807) is 18.2 Å². The minimum absolute atomic E-state index is 0.0174. The molecule has 0 spiro atoms. The Morgan fingerprint density at radius 2 is 2.05 bits per heavy atom. The molecule has 1 aromatic rings. The van der Waals surface area contributed by atoms with Gasteiger partial charge in [-0.3, -0.25) is 5.10 Å². The largest absolute Gasteiger partial charge is 0.375 e. The van der Waals surface area contributed by atoms with Crippen LogP contribution in [0.2, 0.25) is 0 Å². The maximum absolute atomic E-state index is 13.0. The Hall–Kier alpha value is -0.920. The van der Waals surface area contributed by atoms with Crippen LogP contribution in [0.1, 0.15) is 37.1 Å². The van der Waals surface area contributed by atoms with Gasteiger partial charge in [-0.25, -0.2) is 8.42 Å². The predicted molar refractivity (Wildman–Crippen MR) is 73.9 cm³/mol. The molecule has 1 N–H and O–H groups in total. The van der Waals surface area contributed by atoms with Crippen molar-refractivity contribution < 1.29 is 13.2 Å². The second-order valence-electron chi connectivity index (χ2n) is 5.64. The van der Waals surface area contributed by atoms with Gasteiger partial charge in [-0.15, -0.1) is 0 Å². The number of nitrogens with one attached hydrogen (secondary N) is 1. The molecular weight excluding hydrogens is 278 g/mol. The summed E-state index contributed by atoms with van der Waals surface area (Å²) in [5.74, 6) is 0. The normalized spacial score (nSPS) is 28.3. The third-order valence-electron chi connectivity index (χ3n) is 4.31. The number of aromatic amines is 1. The molecular formula is C13H21N3O3S. The van der Waals surface area contributed by atoms with Crippen LogP contribution in [0, 0.1) is 13.8 Å². The van der Waals surface area contributed by atoms with Gasteiger partial charge in [-0.05, 0) is 26.7 Å². The highest BCUT2D eigenvalue weighted by atomic mass is 32.2. The zero-order valence-corrected chi connectivity index (χ0v) is 12.7. The molecule has 1 aliphatic heterocycles. The molecule has 20 heavy (non-hydrogen) atoms. The van der Waals surface area contributed by atoms with Crippen LogP contribution in [-0.4, -0.2) is 48.2 Å². The molecule has 3 rings (SSSR count). The number of ether oxygens (including phenoxy) is 1. The number of fused-ring (bicyclic) bond motifs is 1. The zero-order valence-electron chi connectivity index (χ0n) is 11.9. The van der Waals surface area contributed by atoms with Crippen LogP contribution >= 0.6 is 0 Å². The predicted octanol–water partition coefficient (Wildman–Crippen LogP) is 1.36. The lowest BCUT2D eigenvalue weighted by Gasteiger charge is -2.42. The summed E-state index contributed by atoms with van der Waals surface area (Å²) in [4.78, 5) is 0.337. The van der Waals surface area contributed by atoms with E-state index in [0.29, 0.717) is 29.4 Å². The summed E-state index contributed by atoms with van der Waals surface area (Å²) < 4.78 is 33.3. The summed E-state index contributed by atoms with van der Waals surface area (Å²) in [6.07, 6.45) is 4.10. The molecule has 112 valence electrons. The number of sulfonamides is 1. The first-order valence-corrected chi connectivity index (χ1v) is 8.61. The SMILES string of the molecule is Cc1n[nH]c(C)c1S(=O)(=O)N1CCO[C@@H]2CCCC[C@@H]21. The smallest absolute Gasteiger partial charge is 0.247 e. The van der Waals surface area contributed by atoms with Crippen LogP contribution in [0.15, 0.2) is 4.90 Å². The maximum Gasteiger partial charge on any atom is 0.247 e. The van der Waals surface area contributed by atoms with Crippen molar-refractivity contribution in [1.29, 1.82) is 0 Å². The fourth-order valence-corrected chi connectivity index (χ4v) is 5.40. The Labute approximate surface area is 119 Å². The fourth-order valence-electron chi connectivity index (χ4n) is 3.40. The van der Waals surface area contributed by atoms with Crippen LogP contribution in [0.25, 0.3) is 0 Å². The van der Waals surface area contributed by atoms with Gasteiger partial charge in [0.05, 0.1) is 30.1 Å². The zero-order chi connectivity index (χ0) is 14.3. The van der Waals surface area contributed by atoms with Gasteiger partial charge < -0.3 is 4.74 Å². The summed E-state index contributed by atoms with van der Waals surface area (Å²) in [5, 5.41) is 6.79. The Balaban J connectivity index is 1.98. The van der Waals surface area contributed by atoms with Crippen molar-refractivity contribution >= 4 is 10.0 Å². The Morgan fingerprint density at radius 1 is 1.30 bits per heavy atom. The number of hydrogen-bond acceptors (Lipinski definition) is 4. The van der Waals surface area contributed by atoms with Crippen molar-refractivity contribution in [3.63, 3.8) is 0 Å². The molecule has 2 aliphatic rings. The molecule has 1 aromatic heterocycles. The highest BCUT2D eigenvalue weighted by Crippen LogP contribution is 2.33. The van der Waals surface area contributed by atoms with E-state index in [9.17, 15) is 8.42 Å². The first-order chi connectivity index (χ1) is 9.51. The van der Waals surface area contributed by atoms with Crippen LogP contribution in [0.3, 0.4) is 0 Å². The minimum Gasteiger partial charge on any atom is -0.375 e. The summed E-state index contributed by atoms with van der Waals surface area (Å²) in [5.41, 5.74) is 1.16. The Kier molecular flexibility index (Phi) is 3.60. The summed E-state index contributed by atoms with van der Waals surface area (Å²) >= 11 is 0. The molecule has 0 radical (unpaired) electrons. The van der Waals surface area contributed by atoms with Crippen molar-refractivity contribution in [2.24, 2.45) is 0 Å². The molecule has 2 atom stereocenters. The second-order valence-corrected chi connectivity index (χ2v) is 7.47. The summed E-state index contributed by atoms with van der Waals surface area (Å²) in [6, 6.07) is -0.0174. The van der Waals surface area contributed by atoms with Crippen molar-refractivity contribution in [3.8, 4) is 0 Å². The van der Waals surface area contributed by atoms with Crippen LogP contribution in [-0.2, 0) is 14.8 Å². The van der Waals surface area contributed by atoms with E-state index in [1.165, 1.54) is 0 Å².